The molecule has 1 aliphatic carbocycles. The van der Waals surface area contributed by atoms with Crippen LogP contribution in [0.4, 0.5) is 4.39 Å². The van der Waals surface area contributed by atoms with Crippen molar-refractivity contribution in [3.05, 3.63) is 41.7 Å². The molecule has 0 fully saturated rings. The molecule has 0 bridgehead atoms. The van der Waals surface area contributed by atoms with E-state index in [1.165, 1.54) is 11.6 Å². The molecule has 0 aromatic heterocycles. The van der Waals surface area contributed by atoms with Gasteiger partial charge in [0, 0.05) is 0 Å². The summed E-state index contributed by atoms with van der Waals surface area (Å²) in [7, 11) is 0. The number of hydrogen-bond donors (Lipinski definition) is 0. The molecule has 0 amide bonds. The first-order valence-corrected chi connectivity index (χ1v) is 5.30. The van der Waals surface area contributed by atoms with Gasteiger partial charge in [-0.25, -0.2) is 4.39 Å². The molecule has 0 saturated carbocycles. The van der Waals surface area contributed by atoms with Gasteiger partial charge in [-0.2, -0.15) is 0 Å². The fraction of sp³-hybridized carbons (Fsp3) is 0.333. The third kappa shape index (κ3) is 2.16. The molecular formula is C12H12ClF. The van der Waals surface area contributed by atoms with Crippen molar-refractivity contribution in [1.29, 1.82) is 0 Å². The molecule has 14 heavy (non-hydrogen) atoms. The van der Waals surface area contributed by atoms with Crippen LogP contribution in [0.25, 0.3) is 5.57 Å². The second kappa shape index (κ2) is 4.14. The minimum Gasteiger partial charge on any atom is -0.207 e. The Labute approximate surface area is 88.4 Å². The fourth-order valence-electron chi connectivity index (χ4n) is 1.80. The number of halogens is 2. The summed E-state index contributed by atoms with van der Waals surface area (Å²) in [6, 6.07) is 6.71. The van der Waals surface area contributed by atoms with Crippen molar-refractivity contribution in [2.24, 2.45) is 0 Å². The van der Waals surface area contributed by atoms with E-state index in [1.807, 2.05) is 12.1 Å². The molecule has 1 aromatic rings. The van der Waals surface area contributed by atoms with Crippen molar-refractivity contribution >= 4 is 17.2 Å². The topological polar surface area (TPSA) is 0 Å². The Bertz CT molecular complexity index is 357. The Morgan fingerprint density at radius 3 is 2.93 bits per heavy atom. The first kappa shape index (κ1) is 9.72. The zero-order valence-electron chi connectivity index (χ0n) is 7.84. The lowest BCUT2D eigenvalue weighted by Gasteiger charge is -2.16. The Hall–Kier alpha value is -0.820. The Kier molecular flexibility index (Phi) is 2.87. The van der Waals surface area contributed by atoms with Crippen molar-refractivity contribution in [1.82, 2.24) is 0 Å². The molecule has 2 heteroatoms. The van der Waals surface area contributed by atoms with E-state index in [4.69, 9.17) is 11.6 Å². The molecule has 0 saturated heterocycles. The van der Waals surface area contributed by atoms with E-state index in [0.29, 0.717) is 0 Å². The van der Waals surface area contributed by atoms with Gasteiger partial charge in [0.25, 0.3) is 0 Å². The van der Waals surface area contributed by atoms with E-state index in [0.717, 1.165) is 24.8 Å². The van der Waals surface area contributed by atoms with Crippen molar-refractivity contribution in [2.45, 2.75) is 24.6 Å². The lowest BCUT2D eigenvalue weighted by Crippen LogP contribution is -2.02. The summed E-state index contributed by atoms with van der Waals surface area (Å²) in [5.41, 5.74) is 2.14. The van der Waals surface area contributed by atoms with Crippen molar-refractivity contribution < 1.29 is 4.39 Å². The highest BCUT2D eigenvalue weighted by Crippen LogP contribution is 2.29. The molecule has 0 radical (unpaired) electrons. The molecule has 0 aliphatic heterocycles. The van der Waals surface area contributed by atoms with Gasteiger partial charge in [-0.3, -0.25) is 0 Å². The largest absolute Gasteiger partial charge is 0.207 e. The summed E-state index contributed by atoms with van der Waals surface area (Å²) in [5, 5.41) is 0.113. The number of rotatable bonds is 1. The van der Waals surface area contributed by atoms with Crippen LogP contribution >= 0.6 is 11.6 Å². The number of allylic oxidation sites excluding steroid dienone is 2. The molecule has 2 rings (SSSR count). The fourth-order valence-corrected chi connectivity index (χ4v) is 2.11. The highest BCUT2D eigenvalue weighted by Gasteiger charge is 2.12. The summed E-state index contributed by atoms with van der Waals surface area (Å²) >= 11 is 6.03. The van der Waals surface area contributed by atoms with Gasteiger partial charge < -0.3 is 0 Å². The quantitative estimate of drug-likeness (QED) is 0.615. The molecule has 0 N–H and O–H groups in total. The molecule has 74 valence electrons. The van der Waals surface area contributed by atoms with Crippen LogP contribution in [-0.2, 0) is 0 Å². The van der Waals surface area contributed by atoms with Crippen LogP contribution in [0, 0.1) is 5.82 Å². The maximum atomic E-state index is 13.0. The number of hydrogen-bond acceptors (Lipinski definition) is 0. The van der Waals surface area contributed by atoms with E-state index in [-0.39, 0.29) is 11.2 Å². The standard InChI is InChI=1S/C12H12ClF/c13-11-5-1-3-9(7-11)10-4-2-6-12(14)8-10/h2,4,6-8,11H,1,3,5H2. The predicted molar refractivity (Wildman–Crippen MR) is 57.9 cm³/mol. The van der Waals surface area contributed by atoms with Crippen LogP contribution in [-0.4, -0.2) is 5.38 Å². The van der Waals surface area contributed by atoms with E-state index in [2.05, 4.69) is 0 Å². The van der Waals surface area contributed by atoms with E-state index in [1.54, 1.807) is 12.1 Å². The zero-order chi connectivity index (χ0) is 9.97. The lowest BCUT2D eigenvalue weighted by molar-refractivity contribution is 0.627. The SMILES string of the molecule is Fc1cccc(C2=CC(Cl)CCC2)c1. The van der Waals surface area contributed by atoms with E-state index >= 15 is 0 Å². The Morgan fingerprint density at radius 1 is 1.36 bits per heavy atom. The van der Waals surface area contributed by atoms with Gasteiger partial charge in [-0.05, 0) is 42.5 Å². The van der Waals surface area contributed by atoms with E-state index < -0.39 is 0 Å². The summed E-state index contributed by atoms with van der Waals surface area (Å²) in [4.78, 5) is 0. The van der Waals surface area contributed by atoms with Crippen molar-refractivity contribution in [3.63, 3.8) is 0 Å². The Morgan fingerprint density at radius 2 is 2.21 bits per heavy atom. The van der Waals surface area contributed by atoms with Crippen molar-refractivity contribution in [2.75, 3.05) is 0 Å². The first-order valence-electron chi connectivity index (χ1n) is 4.86. The van der Waals surface area contributed by atoms with Gasteiger partial charge in [0.1, 0.15) is 5.82 Å². The Balaban J connectivity index is 2.30. The molecule has 1 atom stereocenters. The molecule has 1 aromatic carbocycles. The van der Waals surface area contributed by atoms with E-state index in [9.17, 15) is 4.39 Å². The molecule has 0 heterocycles. The van der Waals surface area contributed by atoms with Crippen LogP contribution in [0.15, 0.2) is 30.3 Å². The zero-order valence-corrected chi connectivity index (χ0v) is 8.60. The van der Waals surface area contributed by atoms with Gasteiger partial charge in [-0.15, -0.1) is 11.6 Å². The summed E-state index contributed by atoms with van der Waals surface area (Å²) in [6.45, 7) is 0. The highest BCUT2D eigenvalue weighted by atomic mass is 35.5. The summed E-state index contributed by atoms with van der Waals surface area (Å²) < 4.78 is 13.0. The summed E-state index contributed by atoms with van der Waals surface area (Å²) in [6.07, 6.45) is 5.17. The van der Waals surface area contributed by atoms with Crippen LogP contribution in [0.5, 0.6) is 0 Å². The molecule has 1 aliphatic rings. The average molecular weight is 211 g/mol. The second-order valence-electron chi connectivity index (χ2n) is 3.61. The third-order valence-corrected chi connectivity index (χ3v) is 2.85. The van der Waals surface area contributed by atoms with Gasteiger partial charge in [-0.1, -0.05) is 18.2 Å². The first-order chi connectivity index (χ1) is 6.75. The molecule has 1 unspecified atom stereocenters. The van der Waals surface area contributed by atoms with Crippen LogP contribution in [0.2, 0.25) is 0 Å². The highest BCUT2D eigenvalue weighted by molar-refractivity contribution is 6.22. The maximum absolute atomic E-state index is 13.0. The monoisotopic (exact) mass is 210 g/mol. The van der Waals surface area contributed by atoms with Gasteiger partial charge >= 0.3 is 0 Å². The lowest BCUT2D eigenvalue weighted by atomic mass is 9.93. The normalized spacial score (nSPS) is 21.9. The van der Waals surface area contributed by atoms with Gasteiger partial charge in [0.2, 0.25) is 0 Å². The van der Waals surface area contributed by atoms with Gasteiger partial charge in [0.05, 0.1) is 5.38 Å². The number of alkyl halides is 1. The maximum Gasteiger partial charge on any atom is 0.123 e. The molecule has 0 spiro atoms. The summed E-state index contributed by atoms with van der Waals surface area (Å²) in [5.74, 6) is -0.180. The smallest absolute Gasteiger partial charge is 0.123 e. The van der Waals surface area contributed by atoms with Crippen LogP contribution in [0.1, 0.15) is 24.8 Å². The minimum absolute atomic E-state index is 0.113. The van der Waals surface area contributed by atoms with Crippen molar-refractivity contribution in [3.8, 4) is 0 Å². The third-order valence-electron chi connectivity index (χ3n) is 2.50. The van der Waals surface area contributed by atoms with Gasteiger partial charge in [0.15, 0.2) is 0 Å². The average Bonchev–Trinajstić information content (AvgIpc) is 2.18. The molecule has 0 nitrogen and oxygen atoms in total. The van der Waals surface area contributed by atoms with Crippen LogP contribution < -0.4 is 0 Å². The van der Waals surface area contributed by atoms with Crippen LogP contribution in [0.3, 0.4) is 0 Å². The minimum atomic E-state index is -0.180. The molecular weight excluding hydrogens is 199 g/mol. The number of benzene rings is 1. The predicted octanol–water partition coefficient (Wildman–Crippen LogP) is 4.00. The second-order valence-corrected chi connectivity index (χ2v) is 4.17.